The van der Waals surface area contributed by atoms with E-state index >= 15 is 0 Å². The van der Waals surface area contributed by atoms with Crippen LogP contribution < -0.4 is 10.5 Å². The van der Waals surface area contributed by atoms with E-state index in [1.165, 1.54) is 12.3 Å². The lowest BCUT2D eigenvalue weighted by Gasteiger charge is -2.10. The third-order valence-electron chi connectivity index (χ3n) is 2.63. The zero-order valence-electron chi connectivity index (χ0n) is 10.00. The van der Waals surface area contributed by atoms with Crippen molar-refractivity contribution in [3.8, 4) is 11.6 Å². The van der Waals surface area contributed by atoms with Crippen LogP contribution in [0.4, 0.5) is 10.1 Å². The highest BCUT2D eigenvalue weighted by atomic mass is 79.9. The van der Waals surface area contributed by atoms with E-state index in [1.54, 1.807) is 19.1 Å². The van der Waals surface area contributed by atoms with Gasteiger partial charge in [0.25, 0.3) is 0 Å². The molecule has 0 aliphatic rings. The predicted octanol–water partition coefficient (Wildman–Crippen LogP) is 3.97. The molecular formula is C13H12BrFN2O. The molecule has 2 rings (SSSR count). The molecule has 0 saturated carbocycles. The maximum Gasteiger partial charge on any atom is 0.234 e. The minimum atomic E-state index is -0.309. The number of ether oxygens (including phenoxy) is 1. The van der Waals surface area contributed by atoms with Crippen LogP contribution in [-0.2, 0) is 0 Å². The number of halogens is 2. The molecular weight excluding hydrogens is 299 g/mol. The van der Waals surface area contributed by atoms with E-state index in [1.807, 2.05) is 6.92 Å². The molecule has 1 aromatic heterocycles. The van der Waals surface area contributed by atoms with Gasteiger partial charge in [0.1, 0.15) is 11.6 Å². The summed E-state index contributed by atoms with van der Waals surface area (Å²) in [5.41, 5.74) is 7.70. The second-order valence-corrected chi connectivity index (χ2v) is 4.76. The number of anilines is 1. The predicted molar refractivity (Wildman–Crippen MR) is 72.3 cm³/mol. The van der Waals surface area contributed by atoms with Crippen LogP contribution in [0.1, 0.15) is 11.1 Å². The number of pyridine rings is 1. The number of aryl methyl sites for hydroxylation is 1. The summed E-state index contributed by atoms with van der Waals surface area (Å²) in [7, 11) is 0. The van der Waals surface area contributed by atoms with Gasteiger partial charge >= 0.3 is 0 Å². The van der Waals surface area contributed by atoms with Gasteiger partial charge in [0.05, 0.1) is 16.4 Å². The number of hydrogen-bond donors (Lipinski definition) is 1. The highest BCUT2D eigenvalue weighted by Gasteiger charge is 2.10. The molecule has 1 heterocycles. The maximum atomic E-state index is 13.4. The van der Waals surface area contributed by atoms with E-state index in [9.17, 15) is 4.39 Å². The first kappa shape index (κ1) is 12.8. The molecule has 2 N–H and O–H groups in total. The van der Waals surface area contributed by atoms with Gasteiger partial charge in [-0.05, 0) is 47.0 Å². The first-order chi connectivity index (χ1) is 8.49. The SMILES string of the molecule is Cc1ccc(Oc2ncc(N)c(C)c2Br)cc1F. The number of hydrogen-bond acceptors (Lipinski definition) is 3. The van der Waals surface area contributed by atoms with Crippen LogP contribution in [0, 0.1) is 19.7 Å². The fourth-order valence-electron chi connectivity index (χ4n) is 1.39. The van der Waals surface area contributed by atoms with Crippen molar-refractivity contribution in [2.45, 2.75) is 13.8 Å². The van der Waals surface area contributed by atoms with Gasteiger partial charge in [0, 0.05) is 6.07 Å². The van der Waals surface area contributed by atoms with Crippen LogP contribution in [0.5, 0.6) is 11.6 Å². The molecule has 2 aromatic rings. The maximum absolute atomic E-state index is 13.4. The highest BCUT2D eigenvalue weighted by Crippen LogP contribution is 2.32. The van der Waals surface area contributed by atoms with Crippen LogP contribution in [-0.4, -0.2) is 4.98 Å². The van der Waals surface area contributed by atoms with E-state index in [2.05, 4.69) is 20.9 Å². The molecule has 0 fully saturated rings. The van der Waals surface area contributed by atoms with Gasteiger partial charge in [0.15, 0.2) is 0 Å². The molecule has 0 aliphatic carbocycles. The Morgan fingerprint density at radius 1 is 1.33 bits per heavy atom. The largest absolute Gasteiger partial charge is 0.438 e. The highest BCUT2D eigenvalue weighted by molar-refractivity contribution is 9.10. The first-order valence-corrected chi connectivity index (χ1v) is 6.13. The third kappa shape index (κ3) is 2.46. The van der Waals surface area contributed by atoms with Crippen LogP contribution >= 0.6 is 15.9 Å². The molecule has 0 saturated heterocycles. The van der Waals surface area contributed by atoms with Gasteiger partial charge in [-0.15, -0.1) is 0 Å². The van der Waals surface area contributed by atoms with Gasteiger partial charge in [-0.1, -0.05) is 6.07 Å². The summed E-state index contributed by atoms with van der Waals surface area (Å²) in [6.45, 7) is 3.55. The Kier molecular flexibility index (Phi) is 3.52. The lowest BCUT2D eigenvalue weighted by Crippen LogP contribution is -1.96. The quantitative estimate of drug-likeness (QED) is 0.913. The number of nitrogens with zero attached hydrogens (tertiary/aromatic N) is 1. The number of nitrogens with two attached hydrogens (primary N) is 1. The molecule has 1 aromatic carbocycles. The van der Waals surface area contributed by atoms with Gasteiger partial charge < -0.3 is 10.5 Å². The lowest BCUT2D eigenvalue weighted by molar-refractivity contribution is 0.454. The Bertz CT molecular complexity index is 602. The fourth-order valence-corrected chi connectivity index (χ4v) is 1.80. The van der Waals surface area contributed by atoms with Crippen LogP contribution in [0.3, 0.4) is 0 Å². The van der Waals surface area contributed by atoms with Crippen molar-refractivity contribution in [3.05, 3.63) is 45.8 Å². The monoisotopic (exact) mass is 310 g/mol. The van der Waals surface area contributed by atoms with Crippen LogP contribution in [0.15, 0.2) is 28.9 Å². The topological polar surface area (TPSA) is 48.1 Å². The summed E-state index contributed by atoms with van der Waals surface area (Å²) in [5, 5.41) is 0. The standard InChI is InChI=1S/C13H12BrFN2O/c1-7-3-4-9(5-10(7)15)18-13-12(14)8(2)11(16)6-17-13/h3-6H,16H2,1-2H3. The minimum Gasteiger partial charge on any atom is -0.438 e. The summed E-state index contributed by atoms with van der Waals surface area (Å²) in [6.07, 6.45) is 1.51. The molecule has 94 valence electrons. The average molecular weight is 311 g/mol. The second kappa shape index (κ2) is 4.94. The summed E-state index contributed by atoms with van der Waals surface area (Å²) in [5.74, 6) is 0.455. The molecule has 3 nitrogen and oxygen atoms in total. The van der Waals surface area contributed by atoms with Crippen molar-refractivity contribution in [2.75, 3.05) is 5.73 Å². The summed E-state index contributed by atoms with van der Waals surface area (Å²) in [6, 6.07) is 4.68. The zero-order chi connectivity index (χ0) is 13.3. The number of aromatic nitrogens is 1. The molecule has 0 aliphatic heterocycles. The molecule has 5 heteroatoms. The Labute approximate surface area is 113 Å². The smallest absolute Gasteiger partial charge is 0.234 e. The molecule has 18 heavy (non-hydrogen) atoms. The Hall–Kier alpha value is -1.62. The van der Waals surface area contributed by atoms with Crippen LogP contribution in [0.2, 0.25) is 0 Å². The Morgan fingerprint density at radius 3 is 2.72 bits per heavy atom. The van der Waals surface area contributed by atoms with Crippen molar-refractivity contribution < 1.29 is 9.13 Å². The van der Waals surface area contributed by atoms with Crippen molar-refractivity contribution in [2.24, 2.45) is 0 Å². The van der Waals surface area contributed by atoms with Crippen LogP contribution in [0.25, 0.3) is 0 Å². The van der Waals surface area contributed by atoms with Gasteiger partial charge in [-0.2, -0.15) is 0 Å². The third-order valence-corrected chi connectivity index (χ3v) is 3.56. The van der Waals surface area contributed by atoms with Gasteiger partial charge in [0.2, 0.25) is 5.88 Å². The van der Waals surface area contributed by atoms with Crippen molar-refractivity contribution in [1.82, 2.24) is 4.98 Å². The number of benzene rings is 1. The fraction of sp³-hybridized carbons (Fsp3) is 0.154. The lowest BCUT2D eigenvalue weighted by atomic mass is 10.2. The average Bonchev–Trinajstić information content (AvgIpc) is 2.34. The van der Waals surface area contributed by atoms with E-state index < -0.39 is 0 Å². The first-order valence-electron chi connectivity index (χ1n) is 5.33. The second-order valence-electron chi connectivity index (χ2n) is 3.97. The normalized spacial score (nSPS) is 10.4. The van der Waals surface area contributed by atoms with E-state index in [4.69, 9.17) is 10.5 Å². The summed E-state index contributed by atoms with van der Waals surface area (Å²) in [4.78, 5) is 4.07. The molecule has 0 spiro atoms. The molecule has 0 radical (unpaired) electrons. The van der Waals surface area contributed by atoms with E-state index in [0.29, 0.717) is 27.4 Å². The molecule has 0 atom stereocenters. The van der Waals surface area contributed by atoms with Gasteiger partial charge in [-0.3, -0.25) is 0 Å². The summed E-state index contributed by atoms with van der Waals surface area (Å²) >= 11 is 3.36. The number of rotatable bonds is 2. The number of nitrogen functional groups attached to an aromatic ring is 1. The van der Waals surface area contributed by atoms with Crippen molar-refractivity contribution >= 4 is 21.6 Å². The van der Waals surface area contributed by atoms with Crippen molar-refractivity contribution in [1.29, 1.82) is 0 Å². The Morgan fingerprint density at radius 2 is 2.06 bits per heavy atom. The minimum absolute atomic E-state index is 0.309. The van der Waals surface area contributed by atoms with E-state index in [0.717, 1.165) is 5.56 Å². The Balaban J connectivity index is 2.34. The zero-order valence-corrected chi connectivity index (χ0v) is 11.6. The summed E-state index contributed by atoms with van der Waals surface area (Å²) < 4.78 is 19.6. The molecule has 0 bridgehead atoms. The molecule has 0 amide bonds. The van der Waals surface area contributed by atoms with Gasteiger partial charge in [-0.25, -0.2) is 9.37 Å². The van der Waals surface area contributed by atoms with E-state index in [-0.39, 0.29) is 5.82 Å². The molecule has 0 unspecified atom stereocenters. The van der Waals surface area contributed by atoms with Crippen molar-refractivity contribution in [3.63, 3.8) is 0 Å².